The van der Waals surface area contributed by atoms with Crippen molar-refractivity contribution in [1.82, 2.24) is 4.90 Å². The van der Waals surface area contributed by atoms with Crippen molar-refractivity contribution in [2.24, 2.45) is 0 Å². The molecule has 1 aromatic carbocycles. The molecular weight excluding hydrogens is 258 g/mol. The first-order valence-corrected chi connectivity index (χ1v) is 6.69. The zero-order valence-corrected chi connectivity index (χ0v) is 12.4. The minimum absolute atomic E-state index is 0.117. The molecule has 0 bridgehead atoms. The van der Waals surface area contributed by atoms with Gasteiger partial charge in [-0.05, 0) is 44.6 Å². The van der Waals surface area contributed by atoms with Crippen LogP contribution in [0.3, 0.4) is 0 Å². The van der Waals surface area contributed by atoms with Crippen molar-refractivity contribution in [3.05, 3.63) is 23.8 Å². The molecule has 0 amide bonds. The first kappa shape index (κ1) is 16.3. The Hall–Kier alpha value is -1.75. The molecule has 0 aliphatic carbocycles. The van der Waals surface area contributed by atoms with Gasteiger partial charge in [0.15, 0.2) is 11.5 Å². The third-order valence-corrected chi connectivity index (χ3v) is 2.86. The van der Waals surface area contributed by atoms with E-state index in [1.165, 1.54) is 0 Å². The summed E-state index contributed by atoms with van der Waals surface area (Å²) in [6.07, 6.45) is 1.54. The standard InChI is InChI=1S/C15H23NO4/c1-16(2)9-4-10-20-14-11-12(6-8-15(17)18)5-7-13(14)19-3/h5,7,11H,4,6,8-10H2,1-3H3,(H,17,18). The Morgan fingerprint density at radius 2 is 2.05 bits per heavy atom. The summed E-state index contributed by atoms with van der Waals surface area (Å²) in [5, 5.41) is 8.71. The summed E-state index contributed by atoms with van der Waals surface area (Å²) < 4.78 is 11.0. The van der Waals surface area contributed by atoms with Crippen LogP contribution in [0.15, 0.2) is 18.2 Å². The fourth-order valence-electron chi connectivity index (χ4n) is 1.80. The number of hydrogen-bond donors (Lipinski definition) is 1. The minimum Gasteiger partial charge on any atom is -0.493 e. The second-order valence-electron chi connectivity index (χ2n) is 4.88. The number of ether oxygens (including phenoxy) is 2. The van der Waals surface area contributed by atoms with Gasteiger partial charge < -0.3 is 19.5 Å². The zero-order valence-electron chi connectivity index (χ0n) is 12.4. The lowest BCUT2D eigenvalue weighted by Gasteiger charge is -2.13. The van der Waals surface area contributed by atoms with E-state index in [2.05, 4.69) is 4.90 Å². The SMILES string of the molecule is COc1ccc(CCC(=O)O)cc1OCCCN(C)C. The Bertz CT molecular complexity index is 432. The second-order valence-corrected chi connectivity index (χ2v) is 4.88. The second kappa shape index (κ2) is 8.43. The van der Waals surface area contributed by atoms with Crippen LogP contribution in [0, 0.1) is 0 Å². The molecule has 0 saturated heterocycles. The van der Waals surface area contributed by atoms with Gasteiger partial charge in [-0.3, -0.25) is 4.79 Å². The predicted octanol–water partition coefficient (Wildman–Crippen LogP) is 2.04. The summed E-state index contributed by atoms with van der Waals surface area (Å²) >= 11 is 0. The van der Waals surface area contributed by atoms with Crippen molar-refractivity contribution in [2.75, 3.05) is 34.4 Å². The summed E-state index contributed by atoms with van der Waals surface area (Å²) in [6, 6.07) is 5.55. The lowest BCUT2D eigenvalue weighted by atomic mass is 10.1. The van der Waals surface area contributed by atoms with E-state index in [1.807, 2.05) is 32.3 Å². The maximum Gasteiger partial charge on any atom is 0.303 e. The number of hydrogen-bond acceptors (Lipinski definition) is 4. The Balaban J connectivity index is 2.61. The van der Waals surface area contributed by atoms with Gasteiger partial charge >= 0.3 is 5.97 Å². The zero-order chi connectivity index (χ0) is 15.0. The van der Waals surface area contributed by atoms with E-state index in [4.69, 9.17) is 14.6 Å². The largest absolute Gasteiger partial charge is 0.493 e. The minimum atomic E-state index is -0.797. The Morgan fingerprint density at radius 3 is 2.65 bits per heavy atom. The van der Waals surface area contributed by atoms with Crippen LogP contribution in [0.4, 0.5) is 0 Å². The molecule has 0 aliphatic rings. The molecule has 5 heteroatoms. The fourth-order valence-corrected chi connectivity index (χ4v) is 1.80. The first-order valence-electron chi connectivity index (χ1n) is 6.69. The number of carboxylic acid groups (broad SMARTS) is 1. The molecule has 1 rings (SSSR count). The van der Waals surface area contributed by atoms with E-state index < -0.39 is 5.97 Å². The molecule has 0 unspecified atom stereocenters. The number of nitrogens with zero attached hydrogens (tertiary/aromatic N) is 1. The molecule has 0 fully saturated rings. The van der Waals surface area contributed by atoms with Crippen molar-refractivity contribution in [3.63, 3.8) is 0 Å². The number of aryl methyl sites for hydroxylation is 1. The molecule has 0 saturated carbocycles. The summed E-state index contributed by atoms with van der Waals surface area (Å²) in [5.74, 6) is 0.553. The molecule has 112 valence electrons. The first-order chi connectivity index (χ1) is 9.52. The normalized spacial score (nSPS) is 10.6. The molecule has 0 aromatic heterocycles. The van der Waals surface area contributed by atoms with Gasteiger partial charge in [-0.15, -0.1) is 0 Å². The molecular formula is C15H23NO4. The van der Waals surface area contributed by atoms with E-state index in [-0.39, 0.29) is 6.42 Å². The number of methoxy groups -OCH3 is 1. The fraction of sp³-hybridized carbons (Fsp3) is 0.533. The maximum absolute atomic E-state index is 10.6. The van der Waals surface area contributed by atoms with E-state index >= 15 is 0 Å². The van der Waals surface area contributed by atoms with Crippen molar-refractivity contribution in [1.29, 1.82) is 0 Å². The number of benzene rings is 1. The lowest BCUT2D eigenvalue weighted by molar-refractivity contribution is -0.136. The van der Waals surface area contributed by atoms with E-state index in [0.29, 0.717) is 24.5 Å². The van der Waals surface area contributed by atoms with Crippen molar-refractivity contribution in [3.8, 4) is 11.5 Å². The number of aliphatic carboxylic acids is 1. The molecule has 0 heterocycles. The van der Waals surface area contributed by atoms with Crippen LogP contribution >= 0.6 is 0 Å². The molecule has 20 heavy (non-hydrogen) atoms. The van der Waals surface area contributed by atoms with Crippen molar-refractivity contribution in [2.45, 2.75) is 19.3 Å². The predicted molar refractivity (Wildman–Crippen MR) is 77.6 cm³/mol. The average molecular weight is 281 g/mol. The highest BCUT2D eigenvalue weighted by molar-refractivity contribution is 5.67. The van der Waals surface area contributed by atoms with Gasteiger partial charge in [-0.1, -0.05) is 6.07 Å². The Labute approximate surface area is 120 Å². The quantitative estimate of drug-likeness (QED) is 0.702. The third-order valence-electron chi connectivity index (χ3n) is 2.86. The molecule has 1 aromatic rings. The van der Waals surface area contributed by atoms with Crippen LogP contribution in [0.5, 0.6) is 11.5 Å². The topological polar surface area (TPSA) is 59.0 Å². The third kappa shape index (κ3) is 5.93. The van der Waals surface area contributed by atoms with Gasteiger partial charge in [-0.2, -0.15) is 0 Å². The average Bonchev–Trinajstić information content (AvgIpc) is 2.41. The molecule has 0 radical (unpaired) electrons. The summed E-state index contributed by atoms with van der Waals surface area (Å²) in [6.45, 7) is 1.57. The van der Waals surface area contributed by atoms with Gasteiger partial charge in [0.2, 0.25) is 0 Å². The Kier molecular flexibility index (Phi) is 6.87. The molecule has 1 N–H and O–H groups in total. The highest BCUT2D eigenvalue weighted by Crippen LogP contribution is 2.28. The van der Waals surface area contributed by atoms with Crippen molar-refractivity contribution >= 4 is 5.97 Å². The molecule has 5 nitrogen and oxygen atoms in total. The lowest BCUT2D eigenvalue weighted by Crippen LogP contribution is -2.15. The van der Waals surface area contributed by atoms with Crippen LogP contribution in [0.2, 0.25) is 0 Å². The highest BCUT2D eigenvalue weighted by Gasteiger charge is 2.07. The van der Waals surface area contributed by atoms with Crippen LogP contribution in [-0.2, 0) is 11.2 Å². The van der Waals surface area contributed by atoms with Crippen LogP contribution in [0.25, 0.3) is 0 Å². The number of carboxylic acids is 1. The summed E-state index contributed by atoms with van der Waals surface area (Å²) in [4.78, 5) is 12.7. The molecule has 0 atom stereocenters. The van der Waals surface area contributed by atoms with Gasteiger partial charge in [0, 0.05) is 13.0 Å². The number of rotatable bonds is 9. The monoisotopic (exact) mass is 281 g/mol. The maximum atomic E-state index is 10.6. The van der Waals surface area contributed by atoms with Crippen LogP contribution in [-0.4, -0.2) is 50.3 Å². The van der Waals surface area contributed by atoms with Gasteiger partial charge in [0.1, 0.15) is 0 Å². The van der Waals surface area contributed by atoms with Crippen LogP contribution in [0.1, 0.15) is 18.4 Å². The van der Waals surface area contributed by atoms with E-state index in [0.717, 1.165) is 18.5 Å². The van der Waals surface area contributed by atoms with Crippen molar-refractivity contribution < 1.29 is 19.4 Å². The summed E-state index contributed by atoms with van der Waals surface area (Å²) in [7, 11) is 5.64. The van der Waals surface area contributed by atoms with Gasteiger partial charge in [0.25, 0.3) is 0 Å². The highest BCUT2D eigenvalue weighted by atomic mass is 16.5. The van der Waals surface area contributed by atoms with E-state index in [1.54, 1.807) is 7.11 Å². The number of carbonyl (C=O) groups is 1. The Morgan fingerprint density at radius 1 is 1.30 bits per heavy atom. The molecule has 0 aliphatic heterocycles. The summed E-state index contributed by atoms with van der Waals surface area (Å²) in [5.41, 5.74) is 0.941. The smallest absolute Gasteiger partial charge is 0.303 e. The van der Waals surface area contributed by atoms with Crippen LogP contribution < -0.4 is 9.47 Å². The van der Waals surface area contributed by atoms with E-state index in [9.17, 15) is 4.79 Å². The molecule has 0 spiro atoms. The van der Waals surface area contributed by atoms with Gasteiger partial charge in [0.05, 0.1) is 13.7 Å². The van der Waals surface area contributed by atoms with Gasteiger partial charge in [-0.25, -0.2) is 0 Å².